The Hall–Kier alpha value is -1.43. The fourth-order valence-corrected chi connectivity index (χ4v) is 2.72. The zero-order valence-electron chi connectivity index (χ0n) is 11.8. The molecule has 1 saturated carbocycles. The molecule has 3 nitrogen and oxygen atoms in total. The molecule has 4 N–H and O–H groups in total. The summed E-state index contributed by atoms with van der Waals surface area (Å²) in [4.78, 5) is 0. The second-order valence-electron chi connectivity index (χ2n) is 5.79. The molecule has 1 aliphatic carbocycles. The lowest BCUT2D eigenvalue weighted by molar-refractivity contribution is -0.137. The van der Waals surface area contributed by atoms with Crippen LogP contribution < -0.4 is 11.1 Å². The first-order valence-electron chi connectivity index (χ1n) is 7.23. The van der Waals surface area contributed by atoms with Crippen LogP contribution in [0, 0.1) is 0 Å². The smallest absolute Gasteiger partial charge is 0.397 e. The highest BCUT2D eigenvalue weighted by molar-refractivity contribution is 5.67. The summed E-state index contributed by atoms with van der Waals surface area (Å²) in [5.41, 5.74) is 4.57. The van der Waals surface area contributed by atoms with Gasteiger partial charge in [-0.2, -0.15) is 13.2 Å². The van der Waals surface area contributed by atoms with E-state index in [2.05, 4.69) is 5.32 Å². The minimum atomic E-state index is -4.40. The Balaban J connectivity index is 2.03. The zero-order valence-corrected chi connectivity index (χ0v) is 11.8. The zero-order chi connectivity index (χ0) is 15.5. The van der Waals surface area contributed by atoms with E-state index in [-0.39, 0.29) is 5.69 Å². The summed E-state index contributed by atoms with van der Waals surface area (Å²) in [5.74, 6) is 0. The number of halogens is 3. The average molecular weight is 302 g/mol. The van der Waals surface area contributed by atoms with Crippen LogP contribution in [-0.4, -0.2) is 17.3 Å². The molecule has 2 rings (SSSR count). The Labute approximate surface area is 122 Å². The van der Waals surface area contributed by atoms with Gasteiger partial charge in [-0.3, -0.25) is 0 Å². The van der Waals surface area contributed by atoms with Crippen LogP contribution in [0.25, 0.3) is 0 Å². The molecule has 0 radical (unpaired) electrons. The van der Waals surface area contributed by atoms with Crippen molar-refractivity contribution in [2.45, 2.75) is 50.3 Å². The highest BCUT2D eigenvalue weighted by Gasteiger charge is 2.31. The summed E-state index contributed by atoms with van der Waals surface area (Å²) in [6, 6.07) is 3.23. The third-order valence-electron chi connectivity index (χ3n) is 4.02. The first kappa shape index (κ1) is 15.9. The molecule has 0 bridgehead atoms. The number of nitrogens with two attached hydrogens (primary N) is 1. The van der Waals surface area contributed by atoms with Gasteiger partial charge in [-0.15, -0.1) is 0 Å². The second-order valence-corrected chi connectivity index (χ2v) is 5.79. The highest BCUT2D eigenvalue weighted by atomic mass is 19.4. The number of nitrogens with one attached hydrogen (secondary N) is 1. The first-order chi connectivity index (χ1) is 9.80. The normalized spacial score (nSPS) is 19.0. The third kappa shape index (κ3) is 4.27. The molecule has 0 aliphatic heterocycles. The van der Waals surface area contributed by atoms with Crippen LogP contribution in [0.4, 0.5) is 24.5 Å². The van der Waals surface area contributed by atoms with Crippen molar-refractivity contribution in [1.82, 2.24) is 0 Å². The first-order valence-corrected chi connectivity index (χ1v) is 7.23. The molecule has 0 heterocycles. The number of alkyl halides is 3. The molecule has 0 saturated heterocycles. The minimum Gasteiger partial charge on any atom is -0.397 e. The Morgan fingerprint density at radius 3 is 2.29 bits per heavy atom. The van der Waals surface area contributed by atoms with Crippen molar-refractivity contribution in [3.05, 3.63) is 23.8 Å². The van der Waals surface area contributed by atoms with Gasteiger partial charge in [0, 0.05) is 6.54 Å². The fourth-order valence-electron chi connectivity index (χ4n) is 2.72. The maximum absolute atomic E-state index is 12.6. The summed E-state index contributed by atoms with van der Waals surface area (Å²) in [6.45, 7) is 0.308. The molecule has 1 aromatic rings. The van der Waals surface area contributed by atoms with Gasteiger partial charge >= 0.3 is 6.18 Å². The van der Waals surface area contributed by atoms with E-state index in [1.54, 1.807) is 0 Å². The molecule has 1 fully saturated rings. The summed E-state index contributed by atoms with van der Waals surface area (Å²) < 4.78 is 37.7. The fraction of sp³-hybridized carbons (Fsp3) is 0.600. The predicted octanol–water partition coefficient (Wildman–Crippen LogP) is 3.78. The van der Waals surface area contributed by atoms with Crippen LogP contribution in [-0.2, 0) is 6.18 Å². The molecule has 1 aliphatic rings. The van der Waals surface area contributed by atoms with Gasteiger partial charge in [-0.1, -0.05) is 25.7 Å². The maximum atomic E-state index is 12.6. The molecule has 118 valence electrons. The quantitative estimate of drug-likeness (QED) is 0.588. The van der Waals surface area contributed by atoms with E-state index in [1.807, 2.05) is 0 Å². The van der Waals surface area contributed by atoms with Crippen molar-refractivity contribution in [1.29, 1.82) is 0 Å². The van der Waals surface area contributed by atoms with E-state index >= 15 is 0 Å². The van der Waals surface area contributed by atoms with Crippen LogP contribution in [0.3, 0.4) is 0 Å². The van der Waals surface area contributed by atoms with Crippen molar-refractivity contribution in [2.24, 2.45) is 0 Å². The predicted molar refractivity (Wildman–Crippen MR) is 77.0 cm³/mol. The standard InChI is InChI=1S/C15H21F3N2O/c16-15(17,18)11-5-6-13(12(19)9-11)20-10-14(21)7-3-1-2-4-8-14/h5-6,9,20-21H,1-4,7-8,10,19H2. The van der Waals surface area contributed by atoms with Crippen molar-refractivity contribution in [3.8, 4) is 0 Å². The molecule has 0 aromatic heterocycles. The number of hydrogen-bond donors (Lipinski definition) is 3. The van der Waals surface area contributed by atoms with Gasteiger partial charge < -0.3 is 16.2 Å². The van der Waals surface area contributed by atoms with E-state index in [1.165, 1.54) is 6.07 Å². The number of anilines is 2. The summed E-state index contributed by atoms with van der Waals surface area (Å²) >= 11 is 0. The van der Waals surface area contributed by atoms with Crippen LogP contribution in [0.15, 0.2) is 18.2 Å². The van der Waals surface area contributed by atoms with Gasteiger partial charge in [0.05, 0.1) is 22.5 Å². The maximum Gasteiger partial charge on any atom is 0.416 e. The lowest BCUT2D eigenvalue weighted by Crippen LogP contribution is -2.36. The molecule has 0 amide bonds. The van der Waals surface area contributed by atoms with E-state index in [0.29, 0.717) is 25.1 Å². The lowest BCUT2D eigenvalue weighted by Gasteiger charge is -2.27. The van der Waals surface area contributed by atoms with Gasteiger partial charge in [-0.25, -0.2) is 0 Å². The van der Waals surface area contributed by atoms with Crippen molar-refractivity contribution in [3.63, 3.8) is 0 Å². The van der Waals surface area contributed by atoms with Gasteiger partial charge in [0.15, 0.2) is 0 Å². The van der Waals surface area contributed by atoms with Crippen molar-refractivity contribution in [2.75, 3.05) is 17.6 Å². The number of benzene rings is 1. The van der Waals surface area contributed by atoms with Gasteiger partial charge in [0.1, 0.15) is 0 Å². The van der Waals surface area contributed by atoms with Gasteiger partial charge in [0.25, 0.3) is 0 Å². The number of aliphatic hydroxyl groups is 1. The molecule has 6 heteroatoms. The average Bonchev–Trinajstić information content (AvgIpc) is 2.61. The molecule has 0 atom stereocenters. The van der Waals surface area contributed by atoms with Crippen LogP contribution in [0.1, 0.15) is 44.1 Å². The van der Waals surface area contributed by atoms with Crippen molar-refractivity contribution < 1.29 is 18.3 Å². The minimum absolute atomic E-state index is 0.0436. The van der Waals surface area contributed by atoms with Crippen LogP contribution in [0.5, 0.6) is 0 Å². The number of nitrogen functional groups attached to an aromatic ring is 1. The third-order valence-corrected chi connectivity index (χ3v) is 4.02. The van der Waals surface area contributed by atoms with Gasteiger partial charge in [0.2, 0.25) is 0 Å². The van der Waals surface area contributed by atoms with Crippen LogP contribution >= 0.6 is 0 Å². The number of hydrogen-bond acceptors (Lipinski definition) is 3. The Morgan fingerprint density at radius 2 is 1.76 bits per heavy atom. The SMILES string of the molecule is Nc1cc(C(F)(F)F)ccc1NCC1(O)CCCCCC1. The Kier molecular flexibility index (Phi) is 4.66. The highest BCUT2D eigenvalue weighted by Crippen LogP contribution is 2.33. The summed E-state index contributed by atoms with van der Waals surface area (Å²) in [6.07, 6.45) is 1.20. The van der Waals surface area contributed by atoms with E-state index in [9.17, 15) is 18.3 Å². The molecule has 0 unspecified atom stereocenters. The molecule has 1 aromatic carbocycles. The lowest BCUT2D eigenvalue weighted by atomic mass is 9.94. The Morgan fingerprint density at radius 1 is 1.14 bits per heavy atom. The molecular weight excluding hydrogens is 281 g/mol. The second kappa shape index (κ2) is 6.13. The van der Waals surface area contributed by atoms with E-state index in [4.69, 9.17) is 5.73 Å². The van der Waals surface area contributed by atoms with Crippen LogP contribution in [0.2, 0.25) is 0 Å². The molecule has 0 spiro atoms. The molecule has 21 heavy (non-hydrogen) atoms. The largest absolute Gasteiger partial charge is 0.416 e. The monoisotopic (exact) mass is 302 g/mol. The molecular formula is C15H21F3N2O. The Bertz CT molecular complexity index is 480. The number of rotatable bonds is 3. The topological polar surface area (TPSA) is 58.3 Å². The van der Waals surface area contributed by atoms with E-state index in [0.717, 1.165) is 37.8 Å². The van der Waals surface area contributed by atoms with E-state index < -0.39 is 17.3 Å². The van der Waals surface area contributed by atoms with Crippen molar-refractivity contribution >= 4 is 11.4 Å². The van der Waals surface area contributed by atoms with Gasteiger partial charge in [-0.05, 0) is 31.0 Å². The summed E-state index contributed by atoms with van der Waals surface area (Å²) in [5, 5.41) is 13.5. The summed E-state index contributed by atoms with van der Waals surface area (Å²) in [7, 11) is 0.